The van der Waals surface area contributed by atoms with Gasteiger partial charge in [-0.2, -0.15) is 0 Å². The van der Waals surface area contributed by atoms with Crippen LogP contribution < -0.4 is 10.6 Å². The van der Waals surface area contributed by atoms with Crippen molar-refractivity contribution in [3.63, 3.8) is 0 Å². The van der Waals surface area contributed by atoms with E-state index in [-0.39, 0.29) is 0 Å². The summed E-state index contributed by atoms with van der Waals surface area (Å²) in [4.78, 5) is 2.44. The van der Waals surface area contributed by atoms with E-state index in [0.29, 0.717) is 12.1 Å². The van der Waals surface area contributed by atoms with Crippen LogP contribution in [0.1, 0.15) is 13.3 Å². The van der Waals surface area contributed by atoms with Gasteiger partial charge in [0.05, 0.1) is 0 Å². The lowest BCUT2D eigenvalue weighted by atomic mass is 9.92. The second kappa shape index (κ2) is 3.95. The number of hydrogen-bond donors (Lipinski definition) is 2. The first kappa shape index (κ1) is 9.44. The van der Waals surface area contributed by atoms with Crippen molar-refractivity contribution in [3.8, 4) is 0 Å². The number of rotatable bonds is 1. The first-order valence-corrected chi connectivity index (χ1v) is 5.42. The monoisotopic (exact) mass is 183 g/mol. The molecule has 3 heteroatoms. The molecule has 2 aliphatic heterocycles. The van der Waals surface area contributed by atoms with Crippen LogP contribution in [0, 0.1) is 5.92 Å². The highest BCUT2D eigenvalue weighted by Gasteiger charge is 2.32. The van der Waals surface area contributed by atoms with Crippen molar-refractivity contribution < 1.29 is 0 Å². The maximum Gasteiger partial charge on any atom is 0.0259 e. The second-order valence-corrected chi connectivity index (χ2v) is 4.53. The Morgan fingerprint density at radius 1 is 1.23 bits per heavy atom. The Balaban J connectivity index is 1.91. The van der Waals surface area contributed by atoms with E-state index in [1.165, 1.54) is 19.5 Å². The molecule has 0 spiro atoms. The van der Waals surface area contributed by atoms with E-state index in [1.54, 1.807) is 0 Å². The summed E-state index contributed by atoms with van der Waals surface area (Å²) in [7, 11) is 2.22. The molecule has 3 atom stereocenters. The molecule has 13 heavy (non-hydrogen) atoms. The maximum atomic E-state index is 3.64. The van der Waals surface area contributed by atoms with Gasteiger partial charge in [0, 0.05) is 31.7 Å². The lowest BCUT2D eigenvalue weighted by Gasteiger charge is -2.35. The normalized spacial score (nSPS) is 42.5. The number of nitrogens with zero attached hydrogens (tertiary/aromatic N) is 1. The van der Waals surface area contributed by atoms with Crippen LogP contribution in [0.3, 0.4) is 0 Å². The Bertz CT molecular complexity index is 172. The fraction of sp³-hybridized carbons (Fsp3) is 1.00. The number of hydrogen-bond acceptors (Lipinski definition) is 3. The average molecular weight is 183 g/mol. The predicted molar refractivity (Wildman–Crippen MR) is 54.9 cm³/mol. The molecule has 2 rings (SSSR count). The van der Waals surface area contributed by atoms with Crippen LogP contribution in [0.15, 0.2) is 0 Å². The van der Waals surface area contributed by atoms with E-state index in [2.05, 4.69) is 29.5 Å². The highest BCUT2D eigenvalue weighted by molar-refractivity contribution is 4.92. The summed E-state index contributed by atoms with van der Waals surface area (Å²) in [6, 6.07) is 1.34. The molecule has 0 bridgehead atoms. The number of likely N-dealkylation sites (tertiary alicyclic amines) is 1. The van der Waals surface area contributed by atoms with Crippen LogP contribution in [0.5, 0.6) is 0 Å². The zero-order valence-corrected chi connectivity index (χ0v) is 8.71. The van der Waals surface area contributed by atoms with Gasteiger partial charge in [-0.1, -0.05) is 0 Å². The molecule has 2 heterocycles. The van der Waals surface area contributed by atoms with Crippen molar-refractivity contribution in [2.24, 2.45) is 5.92 Å². The van der Waals surface area contributed by atoms with Crippen molar-refractivity contribution in [2.45, 2.75) is 25.4 Å². The molecule has 2 fully saturated rings. The fourth-order valence-electron chi connectivity index (χ4n) is 2.68. The van der Waals surface area contributed by atoms with Crippen LogP contribution in [-0.2, 0) is 0 Å². The summed E-state index contributed by atoms with van der Waals surface area (Å²) in [6.07, 6.45) is 1.36. The van der Waals surface area contributed by atoms with Gasteiger partial charge < -0.3 is 15.5 Å². The molecule has 2 saturated heterocycles. The van der Waals surface area contributed by atoms with Gasteiger partial charge in [0.1, 0.15) is 0 Å². The summed E-state index contributed by atoms with van der Waals surface area (Å²) in [5.41, 5.74) is 0. The summed E-state index contributed by atoms with van der Waals surface area (Å²) in [5, 5.41) is 7.18. The van der Waals surface area contributed by atoms with Crippen molar-refractivity contribution in [1.29, 1.82) is 0 Å². The summed E-state index contributed by atoms with van der Waals surface area (Å²) >= 11 is 0. The lowest BCUT2D eigenvalue weighted by molar-refractivity contribution is 0.252. The third kappa shape index (κ3) is 2.03. The van der Waals surface area contributed by atoms with Gasteiger partial charge >= 0.3 is 0 Å². The molecule has 0 saturated carbocycles. The number of nitrogens with one attached hydrogen (secondary N) is 2. The molecule has 3 nitrogen and oxygen atoms in total. The second-order valence-electron chi connectivity index (χ2n) is 4.53. The number of piperazine rings is 1. The summed E-state index contributed by atoms with van der Waals surface area (Å²) in [5.74, 6) is 0.854. The highest BCUT2D eigenvalue weighted by atomic mass is 15.2. The van der Waals surface area contributed by atoms with Gasteiger partial charge in [0.15, 0.2) is 0 Å². The summed E-state index contributed by atoms with van der Waals surface area (Å²) < 4.78 is 0. The molecule has 0 aromatic heterocycles. The molecule has 76 valence electrons. The van der Waals surface area contributed by atoms with Crippen LogP contribution >= 0.6 is 0 Å². The largest absolute Gasteiger partial charge is 0.311 e. The van der Waals surface area contributed by atoms with E-state index in [0.717, 1.165) is 19.0 Å². The zero-order chi connectivity index (χ0) is 9.26. The average Bonchev–Trinajstić information content (AvgIpc) is 2.53. The SMILES string of the molecule is CC1NCCNC1C1CCN(C)C1. The van der Waals surface area contributed by atoms with Gasteiger partial charge in [-0.25, -0.2) is 0 Å². The van der Waals surface area contributed by atoms with Crippen molar-refractivity contribution >= 4 is 0 Å². The Hall–Kier alpha value is -0.120. The Kier molecular flexibility index (Phi) is 2.86. The summed E-state index contributed by atoms with van der Waals surface area (Å²) in [6.45, 7) is 7.10. The topological polar surface area (TPSA) is 27.3 Å². The van der Waals surface area contributed by atoms with Gasteiger partial charge in [0.25, 0.3) is 0 Å². The highest BCUT2D eigenvalue weighted by Crippen LogP contribution is 2.21. The first-order valence-electron chi connectivity index (χ1n) is 5.42. The molecule has 0 aromatic rings. The minimum atomic E-state index is 0.644. The molecule has 2 N–H and O–H groups in total. The maximum absolute atomic E-state index is 3.64. The Morgan fingerprint density at radius 2 is 2.00 bits per heavy atom. The van der Waals surface area contributed by atoms with Crippen LogP contribution in [0.2, 0.25) is 0 Å². The van der Waals surface area contributed by atoms with Crippen LogP contribution in [0.25, 0.3) is 0 Å². The third-order valence-electron chi connectivity index (χ3n) is 3.45. The standard InChI is InChI=1S/C10H21N3/c1-8-10(12-5-4-11-8)9-3-6-13(2)7-9/h8-12H,3-7H2,1-2H3. The molecular weight excluding hydrogens is 162 g/mol. The molecule has 0 aromatic carbocycles. The quantitative estimate of drug-likeness (QED) is 0.594. The first-order chi connectivity index (χ1) is 6.27. The van der Waals surface area contributed by atoms with E-state index in [4.69, 9.17) is 0 Å². The molecule has 2 aliphatic rings. The Morgan fingerprint density at radius 3 is 2.62 bits per heavy atom. The van der Waals surface area contributed by atoms with Gasteiger partial charge in [-0.05, 0) is 32.9 Å². The zero-order valence-electron chi connectivity index (χ0n) is 8.71. The Labute approximate surface area is 80.9 Å². The molecule has 0 amide bonds. The van der Waals surface area contributed by atoms with Crippen molar-refractivity contribution in [1.82, 2.24) is 15.5 Å². The lowest BCUT2D eigenvalue weighted by Crippen LogP contribution is -2.57. The molecule has 3 unspecified atom stereocenters. The van der Waals surface area contributed by atoms with Gasteiger partial charge in [-0.3, -0.25) is 0 Å². The van der Waals surface area contributed by atoms with E-state index in [1.807, 2.05) is 0 Å². The van der Waals surface area contributed by atoms with Gasteiger partial charge in [-0.15, -0.1) is 0 Å². The molecule has 0 radical (unpaired) electrons. The third-order valence-corrected chi connectivity index (χ3v) is 3.45. The fourth-order valence-corrected chi connectivity index (χ4v) is 2.68. The minimum absolute atomic E-state index is 0.644. The van der Waals surface area contributed by atoms with Crippen LogP contribution in [0.4, 0.5) is 0 Å². The smallest absolute Gasteiger partial charge is 0.0259 e. The predicted octanol–water partition coefficient (Wildman–Crippen LogP) is -0.112. The molecular formula is C10H21N3. The van der Waals surface area contributed by atoms with E-state index < -0.39 is 0 Å². The van der Waals surface area contributed by atoms with E-state index in [9.17, 15) is 0 Å². The van der Waals surface area contributed by atoms with E-state index >= 15 is 0 Å². The van der Waals surface area contributed by atoms with Crippen molar-refractivity contribution in [2.75, 3.05) is 33.2 Å². The minimum Gasteiger partial charge on any atom is -0.311 e. The van der Waals surface area contributed by atoms with Crippen molar-refractivity contribution in [3.05, 3.63) is 0 Å². The van der Waals surface area contributed by atoms with Gasteiger partial charge in [0.2, 0.25) is 0 Å². The molecule has 0 aliphatic carbocycles. The van der Waals surface area contributed by atoms with Crippen LogP contribution in [-0.4, -0.2) is 50.2 Å².